The standard InChI is InChI=1S/C11H15N3O/c1-7(2)8-5-6-9(14(3)4)11-10(8)12-15-13-11/h5-7H,1-4H3. The smallest absolute Gasteiger partial charge is 0.158 e. The quantitative estimate of drug-likeness (QED) is 0.755. The van der Waals surface area contributed by atoms with Crippen molar-refractivity contribution < 1.29 is 4.63 Å². The highest BCUT2D eigenvalue weighted by molar-refractivity contribution is 5.90. The van der Waals surface area contributed by atoms with E-state index in [4.69, 9.17) is 4.63 Å². The Morgan fingerprint density at radius 2 is 1.80 bits per heavy atom. The Bertz CT molecular complexity index is 432. The molecule has 4 heteroatoms. The van der Waals surface area contributed by atoms with Crippen LogP contribution in [-0.2, 0) is 0 Å². The van der Waals surface area contributed by atoms with Gasteiger partial charge in [-0.3, -0.25) is 0 Å². The lowest BCUT2D eigenvalue weighted by Crippen LogP contribution is -2.09. The lowest BCUT2D eigenvalue weighted by molar-refractivity contribution is 0.315. The van der Waals surface area contributed by atoms with E-state index in [2.05, 4.69) is 36.3 Å². The van der Waals surface area contributed by atoms with Gasteiger partial charge in [-0.25, -0.2) is 4.63 Å². The number of anilines is 1. The summed E-state index contributed by atoms with van der Waals surface area (Å²) in [7, 11) is 3.97. The molecule has 0 amide bonds. The third kappa shape index (κ3) is 1.56. The average molecular weight is 205 g/mol. The second kappa shape index (κ2) is 3.53. The van der Waals surface area contributed by atoms with Gasteiger partial charge in [-0.2, -0.15) is 0 Å². The van der Waals surface area contributed by atoms with Crippen LogP contribution in [0.2, 0.25) is 0 Å². The number of hydrogen-bond acceptors (Lipinski definition) is 4. The zero-order valence-electron chi connectivity index (χ0n) is 9.48. The van der Waals surface area contributed by atoms with Crippen LogP contribution in [0.15, 0.2) is 16.8 Å². The summed E-state index contributed by atoms with van der Waals surface area (Å²) in [6.45, 7) is 4.28. The van der Waals surface area contributed by atoms with Crippen molar-refractivity contribution >= 4 is 16.7 Å². The first kappa shape index (κ1) is 9.96. The third-order valence-electron chi connectivity index (χ3n) is 2.53. The second-order valence-electron chi connectivity index (χ2n) is 4.18. The van der Waals surface area contributed by atoms with Crippen molar-refractivity contribution in [1.29, 1.82) is 0 Å². The van der Waals surface area contributed by atoms with Gasteiger partial charge in [-0.1, -0.05) is 19.9 Å². The van der Waals surface area contributed by atoms with Gasteiger partial charge in [0.05, 0.1) is 5.69 Å². The number of nitrogens with zero attached hydrogens (tertiary/aromatic N) is 3. The lowest BCUT2D eigenvalue weighted by Gasteiger charge is -2.14. The van der Waals surface area contributed by atoms with E-state index in [1.54, 1.807) is 0 Å². The molecule has 1 heterocycles. The summed E-state index contributed by atoms with van der Waals surface area (Å²) in [5.74, 6) is 0.426. The molecular weight excluding hydrogens is 190 g/mol. The molecular formula is C11H15N3O. The number of fused-ring (bicyclic) bond motifs is 1. The highest BCUT2D eigenvalue weighted by Gasteiger charge is 2.14. The normalized spacial score (nSPS) is 11.3. The maximum atomic E-state index is 4.82. The largest absolute Gasteiger partial charge is 0.376 e. The molecule has 2 aromatic rings. The summed E-state index contributed by atoms with van der Waals surface area (Å²) in [5.41, 5.74) is 3.93. The first-order chi connectivity index (χ1) is 7.11. The Kier molecular flexibility index (Phi) is 2.34. The van der Waals surface area contributed by atoms with Crippen LogP contribution in [0.3, 0.4) is 0 Å². The highest BCUT2D eigenvalue weighted by Crippen LogP contribution is 2.29. The first-order valence-electron chi connectivity index (χ1n) is 5.03. The molecule has 0 unspecified atom stereocenters. The van der Waals surface area contributed by atoms with Crippen molar-refractivity contribution in [2.24, 2.45) is 0 Å². The van der Waals surface area contributed by atoms with Crippen LogP contribution < -0.4 is 4.90 Å². The number of aromatic nitrogens is 2. The molecule has 80 valence electrons. The van der Waals surface area contributed by atoms with E-state index in [1.165, 1.54) is 5.56 Å². The number of hydrogen-bond donors (Lipinski definition) is 0. The minimum Gasteiger partial charge on any atom is -0.376 e. The van der Waals surface area contributed by atoms with Gasteiger partial charge < -0.3 is 4.90 Å². The van der Waals surface area contributed by atoms with Gasteiger partial charge in [0.2, 0.25) is 0 Å². The fraction of sp³-hybridized carbons (Fsp3) is 0.455. The molecule has 1 aromatic heterocycles. The number of rotatable bonds is 2. The summed E-state index contributed by atoms with van der Waals surface area (Å²) in [4.78, 5) is 2.01. The third-order valence-corrected chi connectivity index (χ3v) is 2.53. The van der Waals surface area contributed by atoms with Crippen molar-refractivity contribution in [3.63, 3.8) is 0 Å². The molecule has 15 heavy (non-hydrogen) atoms. The Morgan fingerprint density at radius 1 is 1.13 bits per heavy atom. The Balaban J connectivity index is 2.71. The molecule has 0 N–H and O–H groups in total. The molecule has 0 atom stereocenters. The lowest BCUT2D eigenvalue weighted by atomic mass is 10.0. The molecule has 0 bridgehead atoms. The molecule has 0 aliphatic rings. The summed E-state index contributed by atoms with van der Waals surface area (Å²) in [6.07, 6.45) is 0. The van der Waals surface area contributed by atoms with Crippen LogP contribution >= 0.6 is 0 Å². The molecule has 1 aromatic carbocycles. The van der Waals surface area contributed by atoms with Gasteiger partial charge >= 0.3 is 0 Å². The van der Waals surface area contributed by atoms with Crippen molar-refractivity contribution in [2.75, 3.05) is 19.0 Å². The van der Waals surface area contributed by atoms with E-state index in [0.29, 0.717) is 5.92 Å². The van der Waals surface area contributed by atoms with Gasteiger partial charge in [-0.05, 0) is 27.9 Å². The molecule has 0 saturated heterocycles. The molecule has 0 radical (unpaired) electrons. The second-order valence-corrected chi connectivity index (χ2v) is 4.18. The predicted molar refractivity (Wildman–Crippen MR) is 60.2 cm³/mol. The van der Waals surface area contributed by atoms with E-state index in [0.717, 1.165) is 16.7 Å². The summed E-state index contributed by atoms with van der Waals surface area (Å²) in [6, 6.07) is 4.15. The molecule has 0 fully saturated rings. The number of benzene rings is 1. The van der Waals surface area contributed by atoms with Gasteiger partial charge in [-0.15, -0.1) is 0 Å². The average Bonchev–Trinajstić information content (AvgIpc) is 2.63. The van der Waals surface area contributed by atoms with Crippen molar-refractivity contribution in [3.05, 3.63) is 17.7 Å². The van der Waals surface area contributed by atoms with E-state index in [1.807, 2.05) is 19.0 Å². The van der Waals surface area contributed by atoms with Crippen LogP contribution in [0.1, 0.15) is 25.3 Å². The molecule has 0 aliphatic heterocycles. The Hall–Kier alpha value is -1.58. The molecule has 0 aliphatic carbocycles. The highest BCUT2D eigenvalue weighted by atomic mass is 16.6. The van der Waals surface area contributed by atoms with Crippen LogP contribution in [0, 0.1) is 0 Å². The van der Waals surface area contributed by atoms with Crippen LogP contribution in [0.5, 0.6) is 0 Å². The van der Waals surface area contributed by atoms with Gasteiger partial charge in [0.1, 0.15) is 5.52 Å². The van der Waals surface area contributed by atoms with Crippen molar-refractivity contribution in [2.45, 2.75) is 19.8 Å². The zero-order valence-corrected chi connectivity index (χ0v) is 9.48. The Morgan fingerprint density at radius 3 is 2.40 bits per heavy atom. The van der Waals surface area contributed by atoms with Crippen LogP contribution in [0.25, 0.3) is 11.0 Å². The Labute approximate surface area is 88.8 Å². The monoisotopic (exact) mass is 205 g/mol. The summed E-state index contributed by atoms with van der Waals surface area (Å²) >= 11 is 0. The SMILES string of the molecule is CC(C)c1ccc(N(C)C)c2nonc12. The minimum atomic E-state index is 0.426. The first-order valence-corrected chi connectivity index (χ1v) is 5.03. The predicted octanol–water partition coefficient (Wildman–Crippen LogP) is 2.41. The molecule has 4 nitrogen and oxygen atoms in total. The fourth-order valence-electron chi connectivity index (χ4n) is 1.70. The minimum absolute atomic E-state index is 0.426. The zero-order chi connectivity index (χ0) is 11.0. The van der Waals surface area contributed by atoms with Crippen molar-refractivity contribution in [3.8, 4) is 0 Å². The van der Waals surface area contributed by atoms with Gasteiger partial charge in [0.25, 0.3) is 0 Å². The fourth-order valence-corrected chi connectivity index (χ4v) is 1.70. The van der Waals surface area contributed by atoms with E-state index < -0.39 is 0 Å². The van der Waals surface area contributed by atoms with E-state index in [-0.39, 0.29) is 0 Å². The molecule has 2 rings (SSSR count). The molecule has 0 saturated carbocycles. The van der Waals surface area contributed by atoms with Gasteiger partial charge in [0, 0.05) is 14.1 Å². The topological polar surface area (TPSA) is 42.2 Å². The van der Waals surface area contributed by atoms with Crippen molar-refractivity contribution in [1.82, 2.24) is 10.3 Å². The molecule has 0 spiro atoms. The van der Waals surface area contributed by atoms with E-state index in [9.17, 15) is 0 Å². The van der Waals surface area contributed by atoms with Crippen LogP contribution in [0.4, 0.5) is 5.69 Å². The van der Waals surface area contributed by atoms with E-state index >= 15 is 0 Å². The maximum absolute atomic E-state index is 4.82. The maximum Gasteiger partial charge on any atom is 0.158 e. The van der Waals surface area contributed by atoms with Crippen LogP contribution in [-0.4, -0.2) is 24.4 Å². The summed E-state index contributed by atoms with van der Waals surface area (Å²) in [5, 5.41) is 7.93. The summed E-state index contributed by atoms with van der Waals surface area (Å²) < 4.78 is 4.82. The van der Waals surface area contributed by atoms with Gasteiger partial charge in [0.15, 0.2) is 5.52 Å².